The van der Waals surface area contributed by atoms with Crippen LogP contribution in [0.25, 0.3) is 0 Å². The number of benzene rings is 3. The molecule has 0 saturated carbocycles. The first kappa shape index (κ1) is 25.5. The molecule has 0 spiro atoms. The van der Waals surface area contributed by atoms with Gasteiger partial charge in [-0.05, 0) is 53.6 Å². The van der Waals surface area contributed by atoms with Crippen LogP contribution < -0.4 is 9.47 Å². The Morgan fingerprint density at radius 1 is 0.861 bits per heavy atom. The van der Waals surface area contributed by atoms with E-state index in [2.05, 4.69) is 4.98 Å². The molecule has 3 aromatic carbocycles. The van der Waals surface area contributed by atoms with Crippen LogP contribution in [-0.4, -0.2) is 29.4 Å². The van der Waals surface area contributed by atoms with Crippen LogP contribution in [0, 0.1) is 0 Å². The molecule has 0 radical (unpaired) electrons. The molecule has 0 atom stereocenters. The molecule has 0 aliphatic rings. The standard InChI is InChI=1S/C29H26Cl2N2O3/c1-35-28-17-22(10-13-27(28)36-20-21-7-3-2-4-8-21)19-33(16-14-24-9-5-6-15-32-24)29(34)23-11-12-25(30)26(31)18-23/h2-13,15,17-18H,14,16,19-20H2,1H3. The first-order valence-corrected chi connectivity index (χ1v) is 12.3. The second-order valence-corrected chi connectivity index (χ2v) is 9.00. The van der Waals surface area contributed by atoms with Crippen molar-refractivity contribution in [2.75, 3.05) is 13.7 Å². The minimum atomic E-state index is -0.145. The fraction of sp³-hybridized carbons (Fsp3) is 0.172. The monoisotopic (exact) mass is 520 g/mol. The third-order valence-electron chi connectivity index (χ3n) is 5.66. The zero-order valence-corrected chi connectivity index (χ0v) is 21.4. The number of ether oxygens (including phenoxy) is 2. The van der Waals surface area contributed by atoms with Gasteiger partial charge in [0.15, 0.2) is 11.5 Å². The third kappa shape index (κ3) is 6.78. The van der Waals surface area contributed by atoms with Crippen molar-refractivity contribution in [1.82, 2.24) is 9.88 Å². The maximum absolute atomic E-state index is 13.5. The van der Waals surface area contributed by atoms with E-state index in [0.29, 0.717) is 53.2 Å². The average molecular weight is 521 g/mol. The number of halogens is 2. The van der Waals surface area contributed by atoms with E-state index in [1.54, 1.807) is 36.4 Å². The van der Waals surface area contributed by atoms with Crippen molar-refractivity contribution in [2.45, 2.75) is 19.6 Å². The van der Waals surface area contributed by atoms with Gasteiger partial charge in [-0.2, -0.15) is 0 Å². The van der Waals surface area contributed by atoms with Crippen molar-refractivity contribution < 1.29 is 14.3 Å². The highest BCUT2D eigenvalue weighted by Crippen LogP contribution is 2.30. The van der Waals surface area contributed by atoms with Crippen LogP contribution in [0.2, 0.25) is 10.0 Å². The van der Waals surface area contributed by atoms with Crippen LogP contribution in [0.1, 0.15) is 27.2 Å². The van der Waals surface area contributed by atoms with Gasteiger partial charge in [0.05, 0.1) is 17.2 Å². The summed E-state index contributed by atoms with van der Waals surface area (Å²) in [5.74, 6) is 1.10. The Kier molecular flexibility index (Phi) is 8.82. The highest BCUT2D eigenvalue weighted by Gasteiger charge is 2.19. The summed E-state index contributed by atoms with van der Waals surface area (Å²) in [4.78, 5) is 19.6. The number of hydrogen-bond acceptors (Lipinski definition) is 4. The summed E-state index contributed by atoms with van der Waals surface area (Å²) >= 11 is 12.2. The Labute approximate surface area is 221 Å². The molecule has 4 aromatic rings. The zero-order chi connectivity index (χ0) is 25.3. The van der Waals surface area contributed by atoms with Crippen LogP contribution in [0.15, 0.2) is 91.1 Å². The molecule has 1 heterocycles. The largest absolute Gasteiger partial charge is 0.493 e. The number of aromatic nitrogens is 1. The SMILES string of the molecule is COc1cc(CN(CCc2ccccn2)C(=O)c2ccc(Cl)c(Cl)c2)ccc1OCc1ccccc1. The lowest BCUT2D eigenvalue weighted by Gasteiger charge is -2.24. The van der Waals surface area contributed by atoms with Crippen LogP contribution in [-0.2, 0) is 19.6 Å². The minimum Gasteiger partial charge on any atom is -0.493 e. The van der Waals surface area contributed by atoms with Gasteiger partial charge in [-0.3, -0.25) is 9.78 Å². The van der Waals surface area contributed by atoms with Crippen molar-refractivity contribution in [3.8, 4) is 11.5 Å². The maximum atomic E-state index is 13.5. The lowest BCUT2D eigenvalue weighted by atomic mass is 10.1. The smallest absolute Gasteiger partial charge is 0.254 e. The van der Waals surface area contributed by atoms with Crippen molar-refractivity contribution in [2.24, 2.45) is 0 Å². The van der Waals surface area contributed by atoms with Gasteiger partial charge < -0.3 is 14.4 Å². The number of methoxy groups -OCH3 is 1. The van der Waals surface area contributed by atoms with Crippen molar-refractivity contribution in [3.63, 3.8) is 0 Å². The predicted octanol–water partition coefficient (Wildman–Crippen LogP) is 6.86. The molecule has 36 heavy (non-hydrogen) atoms. The molecule has 184 valence electrons. The van der Waals surface area contributed by atoms with E-state index in [9.17, 15) is 4.79 Å². The normalized spacial score (nSPS) is 10.6. The highest BCUT2D eigenvalue weighted by molar-refractivity contribution is 6.42. The van der Waals surface area contributed by atoms with E-state index in [0.717, 1.165) is 16.8 Å². The predicted molar refractivity (Wildman–Crippen MR) is 143 cm³/mol. The number of pyridine rings is 1. The molecule has 0 fully saturated rings. The summed E-state index contributed by atoms with van der Waals surface area (Å²) in [6.45, 7) is 1.29. The van der Waals surface area contributed by atoms with E-state index >= 15 is 0 Å². The van der Waals surface area contributed by atoms with E-state index < -0.39 is 0 Å². The van der Waals surface area contributed by atoms with Gasteiger partial charge in [0.25, 0.3) is 5.91 Å². The van der Waals surface area contributed by atoms with Gasteiger partial charge in [0.1, 0.15) is 6.61 Å². The second-order valence-electron chi connectivity index (χ2n) is 8.19. The summed E-state index contributed by atoms with van der Waals surface area (Å²) in [6.07, 6.45) is 2.36. The summed E-state index contributed by atoms with van der Waals surface area (Å²) in [6, 6.07) is 26.3. The van der Waals surface area contributed by atoms with Crippen molar-refractivity contribution in [3.05, 3.63) is 124 Å². The summed E-state index contributed by atoms with van der Waals surface area (Å²) in [5, 5.41) is 0.748. The molecule has 4 rings (SSSR count). The molecule has 7 heteroatoms. The van der Waals surface area contributed by atoms with Gasteiger partial charge in [0, 0.05) is 37.0 Å². The summed E-state index contributed by atoms with van der Waals surface area (Å²) in [5.41, 5.74) is 3.36. The molecule has 0 bridgehead atoms. The third-order valence-corrected chi connectivity index (χ3v) is 6.40. The molecule has 0 aliphatic heterocycles. The molecule has 0 saturated heterocycles. The van der Waals surface area contributed by atoms with Gasteiger partial charge in [-0.25, -0.2) is 0 Å². The van der Waals surface area contributed by atoms with E-state index in [4.69, 9.17) is 32.7 Å². The number of nitrogens with zero attached hydrogens (tertiary/aromatic N) is 2. The Balaban J connectivity index is 1.53. The molecular weight excluding hydrogens is 495 g/mol. The quantitative estimate of drug-likeness (QED) is 0.229. The lowest BCUT2D eigenvalue weighted by Crippen LogP contribution is -2.32. The van der Waals surface area contributed by atoms with Crippen molar-refractivity contribution >= 4 is 29.1 Å². The van der Waals surface area contributed by atoms with Gasteiger partial charge in [0.2, 0.25) is 0 Å². The Hall–Kier alpha value is -3.54. The fourth-order valence-corrected chi connectivity index (χ4v) is 4.04. The van der Waals surface area contributed by atoms with Gasteiger partial charge >= 0.3 is 0 Å². The number of carbonyl (C=O) groups is 1. The number of carbonyl (C=O) groups excluding carboxylic acids is 1. The Morgan fingerprint density at radius 2 is 1.67 bits per heavy atom. The van der Waals surface area contributed by atoms with Crippen LogP contribution in [0.3, 0.4) is 0 Å². The molecule has 1 amide bonds. The number of hydrogen-bond donors (Lipinski definition) is 0. The first-order chi connectivity index (χ1) is 17.5. The molecule has 1 aromatic heterocycles. The molecule has 5 nitrogen and oxygen atoms in total. The summed E-state index contributed by atoms with van der Waals surface area (Å²) < 4.78 is 11.6. The second kappa shape index (κ2) is 12.4. The molecule has 0 aliphatic carbocycles. The molecular formula is C29H26Cl2N2O3. The Morgan fingerprint density at radius 3 is 2.39 bits per heavy atom. The fourth-order valence-electron chi connectivity index (χ4n) is 3.74. The van der Waals surface area contributed by atoms with Gasteiger partial charge in [-0.1, -0.05) is 65.7 Å². The molecule has 0 N–H and O–H groups in total. The lowest BCUT2D eigenvalue weighted by molar-refractivity contribution is 0.0744. The van der Waals surface area contributed by atoms with Crippen LogP contribution in [0.5, 0.6) is 11.5 Å². The summed E-state index contributed by atoms with van der Waals surface area (Å²) in [7, 11) is 1.61. The van der Waals surface area contributed by atoms with Crippen molar-refractivity contribution in [1.29, 1.82) is 0 Å². The van der Waals surface area contributed by atoms with Crippen LogP contribution in [0.4, 0.5) is 0 Å². The topological polar surface area (TPSA) is 51.7 Å². The van der Waals surface area contributed by atoms with Crippen LogP contribution >= 0.6 is 23.2 Å². The number of rotatable bonds is 10. The minimum absolute atomic E-state index is 0.145. The maximum Gasteiger partial charge on any atom is 0.254 e. The highest BCUT2D eigenvalue weighted by atomic mass is 35.5. The Bertz CT molecular complexity index is 1300. The molecule has 0 unspecified atom stereocenters. The van der Waals surface area contributed by atoms with E-state index in [1.165, 1.54) is 0 Å². The zero-order valence-electron chi connectivity index (χ0n) is 19.9. The first-order valence-electron chi connectivity index (χ1n) is 11.5. The average Bonchev–Trinajstić information content (AvgIpc) is 2.92. The number of amides is 1. The van der Waals surface area contributed by atoms with E-state index in [1.807, 2.05) is 66.7 Å². The van der Waals surface area contributed by atoms with E-state index in [-0.39, 0.29) is 5.91 Å². The van der Waals surface area contributed by atoms with Gasteiger partial charge in [-0.15, -0.1) is 0 Å².